The third kappa shape index (κ3) is 2.07. The Labute approximate surface area is 125 Å². The van der Waals surface area contributed by atoms with Crippen LogP contribution in [0, 0.1) is 0 Å². The molecule has 2 nitrogen and oxygen atoms in total. The van der Waals surface area contributed by atoms with Crippen molar-refractivity contribution in [3.63, 3.8) is 0 Å². The Balaban J connectivity index is 2.17. The second-order valence-corrected chi connectivity index (χ2v) is 5.27. The van der Waals surface area contributed by atoms with Gasteiger partial charge in [0, 0.05) is 21.2 Å². The van der Waals surface area contributed by atoms with E-state index in [2.05, 4.69) is 0 Å². The van der Waals surface area contributed by atoms with Gasteiger partial charge in [-0.2, -0.15) is 0 Å². The first-order valence-electron chi connectivity index (χ1n) is 5.93. The number of carbonyl (C=O) groups excluding carboxylic acids is 2. The van der Waals surface area contributed by atoms with E-state index in [1.807, 2.05) is 0 Å². The fraction of sp³-hybridized carbons (Fsp3) is 0. The van der Waals surface area contributed by atoms with E-state index >= 15 is 0 Å². The van der Waals surface area contributed by atoms with Crippen LogP contribution in [0.3, 0.4) is 0 Å². The lowest BCUT2D eigenvalue weighted by Gasteiger charge is -2.02. The summed E-state index contributed by atoms with van der Waals surface area (Å²) in [5.74, 6) is -0.978. The molecule has 0 N–H and O–H groups in total. The Morgan fingerprint density at radius 3 is 2.25 bits per heavy atom. The third-order valence-electron chi connectivity index (χ3n) is 3.18. The molecule has 0 spiro atoms. The highest BCUT2D eigenvalue weighted by Gasteiger charge is 2.32. The minimum atomic E-state index is -0.503. The number of hydrogen-bond acceptors (Lipinski definition) is 2. The normalized spacial score (nSPS) is 15.8. The molecule has 0 aromatic heterocycles. The molecule has 20 heavy (non-hydrogen) atoms. The standard InChI is InChI=1S/C16H8Cl2O2/c17-10-6-5-9(14(18)8-10)7-13-11-3-1-2-4-12(11)15(19)16(13)20/h1-8H/b13-7-. The first kappa shape index (κ1) is 13.1. The highest BCUT2D eigenvalue weighted by Crippen LogP contribution is 2.32. The molecule has 0 radical (unpaired) electrons. The molecule has 0 saturated heterocycles. The summed E-state index contributed by atoms with van der Waals surface area (Å²) in [5.41, 5.74) is 2.11. The number of Topliss-reactive ketones (excluding diaryl/α,β-unsaturated/α-hetero) is 2. The Bertz CT molecular complexity index is 776. The predicted molar refractivity (Wildman–Crippen MR) is 80.1 cm³/mol. The fourth-order valence-electron chi connectivity index (χ4n) is 2.20. The Morgan fingerprint density at radius 2 is 1.55 bits per heavy atom. The average Bonchev–Trinajstić information content (AvgIpc) is 2.67. The maximum atomic E-state index is 12.1. The van der Waals surface area contributed by atoms with Crippen LogP contribution in [0.4, 0.5) is 0 Å². The molecular formula is C16H8Cl2O2. The molecule has 4 heteroatoms. The number of carbonyl (C=O) groups is 2. The van der Waals surface area contributed by atoms with Crippen molar-refractivity contribution in [1.82, 2.24) is 0 Å². The van der Waals surface area contributed by atoms with E-state index in [4.69, 9.17) is 23.2 Å². The minimum absolute atomic E-state index is 0.370. The monoisotopic (exact) mass is 302 g/mol. The van der Waals surface area contributed by atoms with Gasteiger partial charge in [0.15, 0.2) is 0 Å². The summed E-state index contributed by atoms with van der Waals surface area (Å²) < 4.78 is 0. The van der Waals surface area contributed by atoms with Crippen LogP contribution in [0.15, 0.2) is 42.5 Å². The van der Waals surface area contributed by atoms with E-state index in [0.717, 1.165) is 0 Å². The molecule has 2 aromatic rings. The Hall–Kier alpha value is -1.90. The predicted octanol–water partition coefficient (Wildman–Crippen LogP) is 4.30. The molecule has 0 saturated carbocycles. The molecule has 0 aliphatic heterocycles. The van der Waals surface area contributed by atoms with Gasteiger partial charge in [-0.05, 0) is 29.3 Å². The fourth-order valence-corrected chi connectivity index (χ4v) is 2.66. The van der Waals surface area contributed by atoms with Crippen LogP contribution < -0.4 is 0 Å². The van der Waals surface area contributed by atoms with Gasteiger partial charge in [0.2, 0.25) is 11.6 Å². The van der Waals surface area contributed by atoms with E-state index in [0.29, 0.717) is 32.3 Å². The van der Waals surface area contributed by atoms with E-state index in [9.17, 15) is 9.59 Å². The number of rotatable bonds is 1. The molecule has 0 bridgehead atoms. The summed E-state index contributed by atoms with van der Waals surface area (Å²) in [5, 5.41) is 0.959. The zero-order valence-corrected chi connectivity index (χ0v) is 11.7. The van der Waals surface area contributed by atoms with Gasteiger partial charge in [0.05, 0.1) is 0 Å². The number of halogens is 2. The van der Waals surface area contributed by atoms with Gasteiger partial charge >= 0.3 is 0 Å². The van der Waals surface area contributed by atoms with Gasteiger partial charge in [0.1, 0.15) is 0 Å². The molecule has 0 unspecified atom stereocenters. The van der Waals surface area contributed by atoms with Crippen molar-refractivity contribution < 1.29 is 9.59 Å². The Kier molecular flexibility index (Phi) is 3.20. The lowest BCUT2D eigenvalue weighted by atomic mass is 10.0. The van der Waals surface area contributed by atoms with Gasteiger partial charge in [-0.3, -0.25) is 9.59 Å². The highest BCUT2D eigenvalue weighted by atomic mass is 35.5. The van der Waals surface area contributed by atoms with Crippen molar-refractivity contribution in [1.29, 1.82) is 0 Å². The maximum absolute atomic E-state index is 12.1. The molecule has 0 heterocycles. The quantitative estimate of drug-likeness (QED) is 0.581. The minimum Gasteiger partial charge on any atom is -0.285 e. The van der Waals surface area contributed by atoms with Gasteiger partial charge in [0.25, 0.3) is 0 Å². The van der Waals surface area contributed by atoms with Gasteiger partial charge in [-0.1, -0.05) is 53.5 Å². The number of benzene rings is 2. The van der Waals surface area contributed by atoms with Crippen molar-refractivity contribution in [2.45, 2.75) is 0 Å². The molecular weight excluding hydrogens is 295 g/mol. The van der Waals surface area contributed by atoms with Crippen LogP contribution in [-0.4, -0.2) is 11.6 Å². The topological polar surface area (TPSA) is 34.1 Å². The Morgan fingerprint density at radius 1 is 0.850 bits per heavy atom. The molecule has 1 aliphatic rings. The van der Waals surface area contributed by atoms with Gasteiger partial charge < -0.3 is 0 Å². The van der Waals surface area contributed by atoms with Crippen LogP contribution >= 0.6 is 23.2 Å². The van der Waals surface area contributed by atoms with Gasteiger partial charge in [-0.25, -0.2) is 0 Å². The molecule has 2 aromatic carbocycles. The van der Waals surface area contributed by atoms with Crippen LogP contribution in [-0.2, 0) is 4.79 Å². The summed E-state index contributed by atoms with van der Waals surface area (Å²) in [6.07, 6.45) is 1.63. The summed E-state index contributed by atoms with van der Waals surface area (Å²) in [6, 6.07) is 11.9. The smallest absolute Gasteiger partial charge is 0.234 e. The number of hydrogen-bond donors (Lipinski definition) is 0. The number of ketones is 2. The summed E-state index contributed by atoms with van der Waals surface area (Å²) in [4.78, 5) is 23.9. The van der Waals surface area contributed by atoms with Crippen molar-refractivity contribution in [3.8, 4) is 0 Å². The first-order valence-corrected chi connectivity index (χ1v) is 6.68. The summed E-state index contributed by atoms with van der Waals surface area (Å²) >= 11 is 11.9. The van der Waals surface area contributed by atoms with Crippen LogP contribution in [0.25, 0.3) is 11.6 Å². The van der Waals surface area contributed by atoms with E-state index < -0.39 is 11.6 Å². The highest BCUT2D eigenvalue weighted by molar-refractivity contribution is 6.64. The van der Waals surface area contributed by atoms with Crippen molar-refractivity contribution in [2.75, 3.05) is 0 Å². The van der Waals surface area contributed by atoms with Crippen LogP contribution in [0.5, 0.6) is 0 Å². The first-order chi connectivity index (χ1) is 9.58. The maximum Gasteiger partial charge on any atom is 0.234 e. The largest absolute Gasteiger partial charge is 0.285 e. The molecule has 1 aliphatic carbocycles. The number of allylic oxidation sites excluding steroid dienone is 1. The lowest BCUT2D eigenvalue weighted by molar-refractivity contribution is -0.109. The summed E-state index contributed by atoms with van der Waals surface area (Å²) in [7, 11) is 0. The van der Waals surface area contributed by atoms with E-state index in [1.165, 1.54) is 0 Å². The van der Waals surface area contributed by atoms with Crippen molar-refractivity contribution in [2.24, 2.45) is 0 Å². The molecule has 3 rings (SSSR count). The third-order valence-corrected chi connectivity index (χ3v) is 3.74. The second kappa shape index (κ2) is 4.89. The van der Waals surface area contributed by atoms with E-state index in [1.54, 1.807) is 48.5 Å². The molecule has 0 atom stereocenters. The number of fused-ring (bicyclic) bond motifs is 1. The van der Waals surface area contributed by atoms with Gasteiger partial charge in [-0.15, -0.1) is 0 Å². The second-order valence-electron chi connectivity index (χ2n) is 4.43. The molecule has 0 amide bonds. The van der Waals surface area contributed by atoms with Crippen molar-refractivity contribution in [3.05, 3.63) is 69.2 Å². The molecule has 0 fully saturated rings. The van der Waals surface area contributed by atoms with Crippen LogP contribution in [0.2, 0.25) is 10.0 Å². The van der Waals surface area contributed by atoms with E-state index in [-0.39, 0.29) is 0 Å². The SMILES string of the molecule is O=C1C(=O)c2ccccc2/C1=C/c1ccc(Cl)cc1Cl. The lowest BCUT2D eigenvalue weighted by Crippen LogP contribution is -2.05. The zero-order valence-electron chi connectivity index (χ0n) is 10.2. The summed E-state index contributed by atoms with van der Waals surface area (Å²) in [6.45, 7) is 0. The van der Waals surface area contributed by atoms with Crippen molar-refractivity contribution >= 4 is 46.4 Å². The molecule has 98 valence electrons. The zero-order chi connectivity index (χ0) is 14.3. The average molecular weight is 303 g/mol. The van der Waals surface area contributed by atoms with Crippen LogP contribution in [0.1, 0.15) is 21.5 Å².